The summed E-state index contributed by atoms with van der Waals surface area (Å²) in [7, 11) is 0. The number of benzene rings is 1. The molecule has 0 amide bonds. The molecule has 0 aliphatic rings. The zero-order valence-corrected chi connectivity index (χ0v) is 11.3. The van der Waals surface area contributed by atoms with Crippen LogP contribution in [-0.2, 0) is 17.1 Å². The molecule has 0 saturated carbocycles. The molecule has 1 heterocycles. The minimum absolute atomic E-state index is 0.0922. The second-order valence-electron chi connectivity index (χ2n) is 3.82. The molecule has 4 nitrogen and oxygen atoms in total. The predicted octanol–water partition coefficient (Wildman–Crippen LogP) is 2.81. The van der Waals surface area contributed by atoms with Gasteiger partial charge in [-0.25, -0.2) is 4.79 Å². The molecule has 1 aromatic heterocycles. The van der Waals surface area contributed by atoms with Gasteiger partial charge in [0.15, 0.2) is 0 Å². The minimum atomic E-state index is -2.13. The number of ether oxygens (including phenoxy) is 1. The zero-order chi connectivity index (χ0) is 13.9. The molecule has 2 N–H and O–H groups in total. The normalized spacial score (nSPS) is 11.3. The van der Waals surface area contributed by atoms with Crippen LogP contribution >= 0.6 is 22.9 Å². The molecule has 0 fully saturated rings. The van der Waals surface area contributed by atoms with Gasteiger partial charge in [0, 0.05) is 22.7 Å². The first-order valence-electron chi connectivity index (χ1n) is 5.41. The first-order chi connectivity index (χ1) is 9.01. The smallest absolute Gasteiger partial charge is 0.404 e. The summed E-state index contributed by atoms with van der Waals surface area (Å²) in [6, 6.07) is 9.99. The van der Waals surface area contributed by atoms with Gasteiger partial charge < -0.3 is 14.9 Å². The van der Waals surface area contributed by atoms with Gasteiger partial charge in [-0.3, -0.25) is 0 Å². The maximum atomic E-state index is 10.6. The van der Waals surface area contributed by atoms with E-state index in [1.807, 2.05) is 0 Å². The number of rotatable bonds is 4. The van der Waals surface area contributed by atoms with Gasteiger partial charge in [-0.1, -0.05) is 30.3 Å². The van der Waals surface area contributed by atoms with Crippen LogP contribution in [0.1, 0.15) is 16.0 Å². The van der Waals surface area contributed by atoms with Crippen LogP contribution in [-0.4, -0.2) is 15.6 Å². The topological polar surface area (TPSA) is 66.8 Å². The number of hydrogen-bond acceptors (Lipinski definition) is 5. The van der Waals surface area contributed by atoms with Crippen molar-refractivity contribution in [1.82, 2.24) is 0 Å². The Balaban J connectivity index is 2.31. The summed E-state index contributed by atoms with van der Waals surface area (Å²) in [5.74, 6) is -2.13. The van der Waals surface area contributed by atoms with E-state index >= 15 is 0 Å². The van der Waals surface area contributed by atoms with E-state index in [0.29, 0.717) is 10.4 Å². The van der Waals surface area contributed by atoms with Gasteiger partial charge in [0.25, 0.3) is 0 Å². The van der Waals surface area contributed by atoms with Gasteiger partial charge in [0.05, 0.1) is 4.88 Å². The van der Waals surface area contributed by atoms with Crippen LogP contribution < -0.4 is 0 Å². The Hall–Kier alpha value is -1.40. The molecule has 0 atom stereocenters. The van der Waals surface area contributed by atoms with Gasteiger partial charge in [-0.2, -0.15) is 0 Å². The highest BCUT2D eigenvalue weighted by molar-refractivity contribution is 7.10. The first kappa shape index (κ1) is 14.0. The van der Waals surface area contributed by atoms with E-state index in [1.165, 1.54) is 11.3 Å². The first-order valence-corrected chi connectivity index (χ1v) is 6.67. The number of hydrogen-bond donors (Lipinski definition) is 2. The maximum absolute atomic E-state index is 10.6. The summed E-state index contributed by atoms with van der Waals surface area (Å²) >= 11 is 6.35. The monoisotopic (exact) mass is 298 g/mol. The van der Waals surface area contributed by atoms with Crippen LogP contribution in [0.4, 0.5) is 4.79 Å². The fourth-order valence-electron chi connectivity index (χ4n) is 1.71. The van der Waals surface area contributed by atoms with Gasteiger partial charge in [0.1, 0.15) is 6.61 Å². The predicted molar refractivity (Wildman–Crippen MR) is 72.0 cm³/mol. The highest BCUT2D eigenvalue weighted by Gasteiger charge is 2.31. The van der Waals surface area contributed by atoms with E-state index < -0.39 is 11.2 Å². The van der Waals surface area contributed by atoms with E-state index in [9.17, 15) is 15.0 Å². The molecule has 0 saturated heterocycles. The van der Waals surface area contributed by atoms with E-state index in [-0.39, 0.29) is 12.2 Å². The Kier molecular flexibility index (Phi) is 4.21. The fourth-order valence-corrected chi connectivity index (χ4v) is 2.60. The standard InChI is InChI=1S/C13H11ClO4S/c14-12(15)18-8-11-10(6-7-19-11)13(16,17)9-4-2-1-3-5-9/h1-7,16-17H,8H2. The van der Waals surface area contributed by atoms with Gasteiger partial charge in [-0.05, 0) is 11.4 Å². The number of carbonyl (C=O) groups excluding carboxylic acids is 1. The number of halogens is 1. The summed E-state index contributed by atoms with van der Waals surface area (Å²) in [6.07, 6.45) is 0. The van der Waals surface area contributed by atoms with Crippen LogP contribution in [0.3, 0.4) is 0 Å². The van der Waals surface area contributed by atoms with Gasteiger partial charge >= 0.3 is 5.43 Å². The van der Waals surface area contributed by atoms with Gasteiger partial charge in [-0.15, -0.1) is 11.3 Å². The summed E-state index contributed by atoms with van der Waals surface area (Å²) in [5.41, 5.74) is -0.311. The van der Waals surface area contributed by atoms with E-state index in [4.69, 9.17) is 11.6 Å². The number of carbonyl (C=O) groups is 1. The summed E-state index contributed by atoms with van der Waals surface area (Å²) < 4.78 is 4.67. The Morgan fingerprint density at radius 3 is 2.58 bits per heavy atom. The fraction of sp³-hybridized carbons (Fsp3) is 0.154. The summed E-state index contributed by atoms with van der Waals surface area (Å²) in [5, 5.41) is 22.3. The van der Waals surface area contributed by atoms with Crippen LogP contribution in [0.25, 0.3) is 0 Å². The Morgan fingerprint density at radius 2 is 1.95 bits per heavy atom. The van der Waals surface area contributed by atoms with Crippen molar-refractivity contribution < 1.29 is 19.7 Å². The molecule has 0 radical (unpaired) electrons. The lowest BCUT2D eigenvalue weighted by molar-refractivity contribution is -0.132. The van der Waals surface area contributed by atoms with Crippen molar-refractivity contribution in [3.05, 3.63) is 57.8 Å². The second kappa shape index (κ2) is 5.71. The lowest BCUT2D eigenvalue weighted by atomic mass is 9.98. The molecule has 100 valence electrons. The quantitative estimate of drug-likeness (QED) is 0.673. The molecule has 2 rings (SSSR count). The molecule has 1 aromatic carbocycles. The average Bonchev–Trinajstić information content (AvgIpc) is 2.86. The molecular formula is C13H11ClO4S. The Bertz CT molecular complexity index is 565. The van der Waals surface area contributed by atoms with Crippen molar-refractivity contribution in [2.45, 2.75) is 12.4 Å². The molecular weight excluding hydrogens is 288 g/mol. The molecule has 0 bridgehead atoms. The third-order valence-electron chi connectivity index (χ3n) is 2.61. The van der Waals surface area contributed by atoms with Crippen molar-refractivity contribution in [2.24, 2.45) is 0 Å². The summed E-state index contributed by atoms with van der Waals surface area (Å²) in [6.45, 7) is -0.0922. The van der Waals surface area contributed by atoms with Crippen molar-refractivity contribution in [1.29, 1.82) is 0 Å². The number of aliphatic hydroxyl groups is 2. The molecule has 6 heteroatoms. The average molecular weight is 299 g/mol. The maximum Gasteiger partial charge on any atom is 0.404 e. The Morgan fingerprint density at radius 1 is 1.26 bits per heavy atom. The molecule has 0 unspecified atom stereocenters. The molecule has 0 aliphatic heterocycles. The molecule has 19 heavy (non-hydrogen) atoms. The van der Waals surface area contributed by atoms with Crippen LogP contribution in [0.5, 0.6) is 0 Å². The van der Waals surface area contributed by atoms with Crippen LogP contribution in [0.15, 0.2) is 41.8 Å². The SMILES string of the molecule is O=C(Cl)OCc1sccc1C(O)(O)c1ccccc1. The Labute approximate surface area is 118 Å². The van der Waals surface area contributed by atoms with Gasteiger partial charge in [0.2, 0.25) is 5.79 Å². The van der Waals surface area contributed by atoms with E-state index in [2.05, 4.69) is 4.74 Å². The number of thiophene rings is 1. The van der Waals surface area contributed by atoms with Crippen LogP contribution in [0, 0.1) is 0 Å². The van der Waals surface area contributed by atoms with Crippen molar-refractivity contribution in [3.63, 3.8) is 0 Å². The molecule has 0 spiro atoms. The second-order valence-corrected chi connectivity index (χ2v) is 5.13. The van der Waals surface area contributed by atoms with E-state index in [1.54, 1.807) is 41.8 Å². The van der Waals surface area contributed by atoms with Crippen molar-refractivity contribution >= 4 is 28.4 Å². The third kappa shape index (κ3) is 3.13. The summed E-state index contributed by atoms with van der Waals surface area (Å²) in [4.78, 5) is 11.1. The minimum Gasteiger partial charge on any atom is -0.448 e. The van der Waals surface area contributed by atoms with Crippen LogP contribution in [0.2, 0.25) is 0 Å². The lowest BCUT2D eigenvalue weighted by Crippen LogP contribution is -2.27. The highest BCUT2D eigenvalue weighted by Crippen LogP contribution is 2.32. The largest absolute Gasteiger partial charge is 0.448 e. The third-order valence-corrected chi connectivity index (χ3v) is 3.62. The lowest BCUT2D eigenvalue weighted by Gasteiger charge is -2.22. The highest BCUT2D eigenvalue weighted by atomic mass is 35.5. The van der Waals surface area contributed by atoms with Crippen molar-refractivity contribution in [2.75, 3.05) is 0 Å². The molecule has 2 aromatic rings. The van der Waals surface area contributed by atoms with Crippen molar-refractivity contribution in [3.8, 4) is 0 Å². The van der Waals surface area contributed by atoms with E-state index in [0.717, 1.165) is 0 Å². The molecule has 0 aliphatic carbocycles. The zero-order valence-electron chi connectivity index (χ0n) is 9.75.